The van der Waals surface area contributed by atoms with Crippen molar-refractivity contribution in [2.45, 2.75) is 33.2 Å². The zero-order valence-electron chi connectivity index (χ0n) is 16.3. The van der Waals surface area contributed by atoms with Crippen LogP contribution in [0.3, 0.4) is 0 Å². The molecule has 148 valence electrons. The highest BCUT2D eigenvalue weighted by molar-refractivity contribution is 5.97. The van der Waals surface area contributed by atoms with Gasteiger partial charge in [0.25, 0.3) is 11.8 Å². The molecule has 0 heterocycles. The lowest BCUT2D eigenvalue weighted by Crippen LogP contribution is -2.55. The predicted octanol–water partition coefficient (Wildman–Crippen LogP) is 2.86. The number of para-hydroxylation sites is 1. The first-order valence-electron chi connectivity index (χ1n) is 9.22. The summed E-state index contributed by atoms with van der Waals surface area (Å²) in [5.41, 5.74) is 6.94. The Balaban J connectivity index is 1.90. The number of hydrazine groups is 1. The number of aryl methyl sites for hydroxylation is 1. The highest BCUT2D eigenvalue weighted by atomic mass is 16.2. The van der Waals surface area contributed by atoms with Crippen molar-refractivity contribution in [1.82, 2.24) is 16.2 Å². The standard InChI is InChI=1S/C21H26N4O3/c1-4-15-10-12-16(13-11-15)19(26)24-25-20(27)18(14(2)3)23-21(28)22-17-8-6-5-7-9-17/h5-14,18H,4H2,1-3H3,(H,24,26)(H,25,27)(H2,22,23,28). The average molecular weight is 382 g/mol. The van der Waals surface area contributed by atoms with Crippen molar-refractivity contribution < 1.29 is 14.4 Å². The van der Waals surface area contributed by atoms with E-state index in [9.17, 15) is 14.4 Å². The van der Waals surface area contributed by atoms with E-state index in [0.717, 1.165) is 12.0 Å². The lowest BCUT2D eigenvalue weighted by Gasteiger charge is -2.22. The minimum atomic E-state index is -0.813. The quantitative estimate of drug-likeness (QED) is 0.578. The van der Waals surface area contributed by atoms with Crippen LogP contribution >= 0.6 is 0 Å². The molecule has 0 bridgehead atoms. The second-order valence-electron chi connectivity index (χ2n) is 6.68. The molecule has 2 aromatic rings. The zero-order chi connectivity index (χ0) is 20.5. The molecule has 0 spiro atoms. The molecular weight excluding hydrogens is 356 g/mol. The Labute approximate surface area is 164 Å². The highest BCUT2D eigenvalue weighted by Gasteiger charge is 2.24. The molecule has 0 saturated carbocycles. The van der Waals surface area contributed by atoms with Gasteiger partial charge < -0.3 is 10.6 Å². The Morgan fingerprint density at radius 1 is 0.893 bits per heavy atom. The van der Waals surface area contributed by atoms with E-state index in [1.54, 1.807) is 50.2 Å². The predicted molar refractivity (Wildman–Crippen MR) is 109 cm³/mol. The summed E-state index contributed by atoms with van der Waals surface area (Å²) in [6, 6.07) is 14.7. The molecule has 4 N–H and O–H groups in total. The lowest BCUT2D eigenvalue weighted by atomic mass is 10.0. The van der Waals surface area contributed by atoms with Crippen molar-refractivity contribution in [3.8, 4) is 0 Å². The first-order chi connectivity index (χ1) is 13.4. The summed E-state index contributed by atoms with van der Waals surface area (Å²) >= 11 is 0. The summed E-state index contributed by atoms with van der Waals surface area (Å²) < 4.78 is 0. The molecule has 1 unspecified atom stereocenters. The van der Waals surface area contributed by atoms with Gasteiger partial charge in [0.2, 0.25) is 0 Å². The van der Waals surface area contributed by atoms with E-state index in [1.807, 2.05) is 25.1 Å². The molecule has 0 aliphatic heterocycles. The van der Waals surface area contributed by atoms with Crippen LogP contribution in [-0.2, 0) is 11.2 Å². The van der Waals surface area contributed by atoms with Gasteiger partial charge in [-0.3, -0.25) is 20.4 Å². The molecule has 4 amide bonds. The summed E-state index contributed by atoms with van der Waals surface area (Å²) in [5.74, 6) is -1.11. The summed E-state index contributed by atoms with van der Waals surface area (Å²) in [6.45, 7) is 5.64. The Kier molecular flexibility index (Phi) is 7.56. The van der Waals surface area contributed by atoms with Gasteiger partial charge in [-0.1, -0.05) is 51.1 Å². The third kappa shape index (κ3) is 6.12. The second kappa shape index (κ2) is 10.1. The van der Waals surface area contributed by atoms with E-state index in [1.165, 1.54) is 0 Å². The molecule has 7 nitrogen and oxygen atoms in total. The third-order valence-electron chi connectivity index (χ3n) is 4.19. The fraction of sp³-hybridized carbons (Fsp3) is 0.286. The first kappa shape index (κ1) is 21.0. The molecule has 0 aliphatic rings. The fourth-order valence-electron chi connectivity index (χ4n) is 2.52. The van der Waals surface area contributed by atoms with E-state index < -0.39 is 23.9 Å². The van der Waals surface area contributed by atoms with Gasteiger partial charge in [-0.15, -0.1) is 0 Å². The van der Waals surface area contributed by atoms with E-state index in [4.69, 9.17) is 0 Å². The van der Waals surface area contributed by atoms with Gasteiger partial charge in [-0.05, 0) is 42.2 Å². The van der Waals surface area contributed by atoms with E-state index in [2.05, 4.69) is 21.5 Å². The number of carbonyl (C=O) groups is 3. The molecule has 1 atom stereocenters. The number of hydrogen-bond donors (Lipinski definition) is 4. The zero-order valence-corrected chi connectivity index (χ0v) is 16.3. The molecule has 0 saturated heterocycles. The number of nitrogens with one attached hydrogen (secondary N) is 4. The Morgan fingerprint density at radius 3 is 2.11 bits per heavy atom. The normalized spacial score (nSPS) is 11.4. The number of amides is 4. The summed E-state index contributed by atoms with van der Waals surface area (Å²) in [5, 5.41) is 5.30. The Morgan fingerprint density at radius 2 is 1.54 bits per heavy atom. The molecule has 0 fully saturated rings. The monoisotopic (exact) mass is 382 g/mol. The second-order valence-corrected chi connectivity index (χ2v) is 6.68. The molecule has 7 heteroatoms. The third-order valence-corrected chi connectivity index (χ3v) is 4.19. The number of benzene rings is 2. The summed E-state index contributed by atoms with van der Waals surface area (Å²) in [4.78, 5) is 36.8. The van der Waals surface area contributed by atoms with E-state index in [0.29, 0.717) is 11.3 Å². The molecule has 2 aromatic carbocycles. The van der Waals surface area contributed by atoms with Gasteiger partial charge in [0, 0.05) is 11.3 Å². The van der Waals surface area contributed by atoms with Crippen molar-refractivity contribution in [3.05, 3.63) is 65.7 Å². The molecule has 2 rings (SSSR count). The van der Waals surface area contributed by atoms with Crippen LogP contribution in [0.25, 0.3) is 0 Å². The van der Waals surface area contributed by atoms with Crippen LogP contribution in [0.2, 0.25) is 0 Å². The Hall–Kier alpha value is -3.35. The van der Waals surface area contributed by atoms with Crippen molar-refractivity contribution in [1.29, 1.82) is 0 Å². The van der Waals surface area contributed by atoms with Crippen LogP contribution in [0.5, 0.6) is 0 Å². The largest absolute Gasteiger partial charge is 0.326 e. The van der Waals surface area contributed by atoms with Crippen LogP contribution in [-0.4, -0.2) is 23.9 Å². The number of hydrogen-bond acceptors (Lipinski definition) is 3. The van der Waals surface area contributed by atoms with Crippen molar-refractivity contribution in [3.63, 3.8) is 0 Å². The van der Waals surface area contributed by atoms with Crippen LogP contribution in [0.1, 0.15) is 36.7 Å². The summed E-state index contributed by atoms with van der Waals surface area (Å²) in [7, 11) is 0. The number of rotatable bonds is 6. The molecule has 0 aliphatic carbocycles. The summed E-state index contributed by atoms with van der Waals surface area (Å²) in [6.07, 6.45) is 0.880. The van der Waals surface area contributed by atoms with Gasteiger partial charge in [0.15, 0.2) is 0 Å². The molecular formula is C21H26N4O3. The average Bonchev–Trinajstić information content (AvgIpc) is 2.70. The maximum atomic E-state index is 12.4. The SMILES string of the molecule is CCc1ccc(C(=O)NNC(=O)C(NC(=O)Nc2ccccc2)C(C)C)cc1. The van der Waals surface area contributed by atoms with Crippen LogP contribution in [0.4, 0.5) is 10.5 Å². The number of carbonyl (C=O) groups excluding carboxylic acids is 3. The van der Waals surface area contributed by atoms with Crippen LogP contribution in [0, 0.1) is 5.92 Å². The maximum Gasteiger partial charge on any atom is 0.319 e. The van der Waals surface area contributed by atoms with Crippen LogP contribution in [0.15, 0.2) is 54.6 Å². The van der Waals surface area contributed by atoms with Crippen molar-refractivity contribution in [2.24, 2.45) is 5.92 Å². The Bertz CT molecular complexity index is 804. The van der Waals surface area contributed by atoms with Crippen molar-refractivity contribution >= 4 is 23.5 Å². The minimum Gasteiger partial charge on any atom is -0.326 e. The maximum absolute atomic E-state index is 12.4. The fourth-order valence-corrected chi connectivity index (χ4v) is 2.52. The topological polar surface area (TPSA) is 99.3 Å². The lowest BCUT2D eigenvalue weighted by molar-refractivity contribution is -0.124. The van der Waals surface area contributed by atoms with Gasteiger partial charge in [-0.2, -0.15) is 0 Å². The minimum absolute atomic E-state index is 0.178. The number of urea groups is 1. The number of anilines is 1. The van der Waals surface area contributed by atoms with Gasteiger partial charge in [0.1, 0.15) is 6.04 Å². The van der Waals surface area contributed by atoms with Gasteiger partial charge >= 0.3 is 6.03 Å². The molecule has 0 radical (unpaired) electrons. The molecule has 0 aromatic heterocycles. The van der Waals surface area contributed by atoms with Gasteiger partial charge in [-0.25, -0.2) is 4.79 Å². The van der Waals surface area contributed by atoms with E-state index >= 15 is 0 Å². The van der Waals surface area contributed by atoms with E-state index in [-0.39, 0.29) is 5.92 Å². The smallest absolute Gasteiger partial charge is 0.319 e. The highest BCUT2D eigenvalue weighted by Crippen LogP contribution is 2.07. The molecule has 28 heavy (non-hydrogen) atoms. The van der Waals surface area contributed by atoms with Gasteiger partial charge in [0.05, 0.1) is 0 Å². The van der Waals surface area contributed by atoms with Crippen molar-refractivity contribution in [2.75, 3.05) is 5.32 Å². The van der Waals surface area contributed by atoms with Crippen LogP contribution < -0.4 is 21.5 Å². The first-order valence-corrected chi connectivity index (χ1v) is 9.22.